The Labute approximate surface area is 112 Å². The average Bonchev–Trinajstić information content (AvgIpc) is 2.37. The Kier molecular flexibility index (Phi) is 3.56. The van der Waals surface area contributed by atoms with Gasteiger partial charge in [-0.15, -0.1) is 0 Å². The van der Waals surface area contributed by atoms with Crippen molar-refractivity contribution in [3.05, 3.63) is 58.7 Å². The molecule has 0 heterocycles. The predicted octanol–water partition coefficient (Wildman–Crippen LogP) is 3.57. The number of phenolic OH excluding ortho intramolecular Hbond substituents is 1. The molecule has 0 aliphatic rings. The number of rotatable bonds is 2. The Morgan fingerprint density at radius 3 is 2.42 bits per heavy atom. The third-order valence-corrected chi connectivity index (χ3v) is 3.17. The lowest BCUT2D eigenvalue weighted by molar-refractivity contribution is 0.102. The van der Waals surface area contributed by atoms with Crippen LogP contribution in [-0.4, -0.2) is 11.0 Å². The maximum absolute atomic E-state index is 12.1. The number of phenols is 1. The second-order valence-electron chi connectivity index (χ2n) is 4.77. The number of aryl methyl sites for hydroxylation is 3. The van der Waals surface area contributed by atoms with E-state index in [1.807, 2.05) is 32.9 Å². The minimum Gasteiger partial charge on any atom is -0.506 e. The van der Waals surface area contributed by atoms with Gasteiger partial charge in [-0.3, -0.25) is 4.79 Å². The second kappa shape index (κ2) is 5.14. The molecule has 98 valence electrons. The summed E-state index contributed by atoms with van der Waals surface area (Å²) < 4.78 is 0. The van der Waals surface area contributed by atoms with Crippen LogP contribution < -0.4 is 5.32 Å². The number of anilines is 1. The van der Waals surface area contributed by atoms with Crippen molar-refractivity contribution in [2.45, 2.75) is 20.8 Å². The molecule has 0 fully saturated rings. The van der Waals surface area contributed by atoms with E-state index in [1.54, 1.807) is 24.3 Å². The molecule has 2 aromatic carbocycles. The Balaban J connectivity index is 2.25. The lowest BCUT2D eigenvalue weighted by atomic mass is 10.1. The predicted molar refractivity (Wildman–Crippen MR) is 76.7 cm³/mol. The average molecular weight is 255 g/mol. The third kappa shape index (κ3) is 2.94. The smallest absolute Gasteiger partial charge is 0.255 e. The standard InChI is InChI=1S/C16H17NO2/c1-10-4-7-15(18)14(8-10)17-16(19)13-6-5-11(2)12(3)9-13/h4-9,18H,1-3H3,(H,17,19). The van der Waals surface area contributed by atoms with E-state index in [-0.39, 0.29) is 11.7 Å². The van der Waals surface area contributed by atoms with Crippen molar-refractivity contribution in [2.24, 2.45) is 0 Å². The molecule has 2 rings (SSSR count). The van der Waals surface area contributed by atoms with Crippen LogP contribution >= 0.6 is 0 Å². The van der Waals surface area contributed by atoms with Crippen LogP contribution in [-0.2, 0) is 0 Å². The van der Waals surface area contributed by atoms with Gasteiger partial charge in [0.2, 0.25) is 0 Å². The highest BCUT2D eigenvalue weighted by molar-refractivity contribution is 6.05. The van der Waals surface area contributed by atoms with Crippen LogP contribution in [0.5, 0.6) is 5.75 Å². The monoisotopic (exact) mass is 255 g/mol. The fourth-order valence-electron chi connectivity index (χ4n) is 1.83. The zero-order chi connectivity index (χ0) is 14.0. The first-order valence-corrected chi connectivity index (χ1v) is 6.15. The highest BCUT2D eigenvalue weighted by Crippen LogP contribution is 2.24. The first-order chi connectivity index (χ1) is 8.97. The molecule has 0 unspecified atom stereocenters. The van der Waals surface area contributed by atoms with Crippen molar-refractivity contribution < 1.29 is 9.90 Å². The molecule has 0 aliphatic heterocycles. The molecule has 0 spiro atoms. The van der Waals surface area contributed by atoms with Gasteiger partial charge in [-0.25, -0.2) is 0 Å². The molecule has 0 saturated carbocycles. The van der Waals surface area contributed by atoms with Crippen LogP contribution in [0.15, 0.2) is 36.4 Å². The topological polar surface area (TPSA) is 49.3 Å². The molecule has 0 saturated heterocycles. The van der Waals surface area contributed by atoms with Crippen LogP contribution in [0.4, 0.5) is 5.69 Å². The molecular weight excluding hydrogens is 238 g/mol. The molecule has 2 N–H and O–H groups in total. The Bertz CT molecular complexity index is 633. The molecule has 0 bridgehead atoms. The number of aromatic hydroxyl groups is 1. The van der Waals surface area contributed by atoms with E-state index in [1.165, 1.54) is 0 Å². The van der Waals surface area contributed by atoms with Gasteiger partial charge in [0.25, 0.3) is 5.91 Å². The molecular formula is C16H17NO2. The summed E-state index contributed by atoms with van der Waals surface area (Å²) in [6.45, 7) is 5.88. The van der Waals surface area contributed by atoms with Gasteiger partial charge in [-0.2, -0.15) is 0 Å². The highest BCUT2D eigenvalue weighted by Gasteiger charge is 2.09. The van der Waals surface area contributed by atoms with Gasteiger partial charge in [0.15, 0.2) is 0 Å². The van der Waals surface area contributed by atoms with Crippen molar-refractivity contribution in [1.82, 2.24) is 0 Å². The summed E-state index contributed by atoms with van der Waals surface area (Å²) >= 11 is 0. The molecule has 1 amide bonds. The number of benzene rings is 2. The number of nitrogens with one attached hydrogen (secondary N) is 1. The molecule has 3 nitrogen and oxygen atoms in total. The number of amides is 1. The summed E-state index contributed by atoms with van der Waals surface area (Å²) in [5.41, 5.74) is 4.22. The fourth-order valence-corrected chi connectivity index (χ4v) is 1.83. The van der Waals surface area contributed by atoms with Crippen LogP contribution in [0.3, 0.4) is 0 Å². The van der Waals surface area contributed by atoms with E-state index in [9.17, 15) is 9.90 Å². The number of hydrogen-bond donors (Lipinski definition) is 2. The molecule has 2 aromatic rings. The molecule has 0 aromatic heterocycles. The Morgan fingerprint density at radius 1 is 1.00 bits per heavy atom. The summed E-state index contributed by atoms with van der Waals surface area (Å²) in [6.07, 6.45) is 0. The number of carbonyl (C=O) groups excluding carboxylic acids is 1. The minimum atomic E-state index is -0.219. The van der Waals surface area contributed by atoms with Crippen molar-refractivity contribution in [3.63, 3.8) is 0 Å². The maximum atomic E-state index is 12.1. The Hall–Kier alpha value is -2.29. The van der Waals surface area contributed by atoms with Gasteiger partial charge in [0.05, 0.1) is 5.69 Å². The van der Waals surface area contributed by atoms with Crippen molar-refractivity contribution in [1.29, 1.82) is 0 Å². The van der Waals surface area contributed by atoms with E-state index >= 15 is 0 Å². The van der Waals surface area contributed by atoms with Gasteiger partial charge < -0.3 is 10.4 Å². The largest absolute Gasteiger partial charge is 0.506 e. The summed E-state index contributed by atoms with van der Waals surface area (Å²) in [5, 5.41) is 12.4. The first kappa shape index (κ1) is 13.1. The lowest BCUT2D eigenvalue weighted by Crippen LogP contribution is -2.12. The molecule has 3 heteroatoms. The zero-order valence-corrected chi connectivity index (χ0v) is 11.3. The van der Waals surface area contributed by atoms with Crippen LogP contribution in [0.1, 0.15) is 27.0 Å². The van der Waals surface area contributed by atoms with E-state index in [0.29, 0.717) is 11.3 Å². The van der Waals surface area contributed by atoms with Crippen molar-refractivity contribution in [2.75, 3.05) is 5.32 Å². The van der Waals surface area contributed by atoms with Crippen molar-refractivity contribution >= 4 is 11.6 Å². The van der Waals surface area contributed by atoms with E-state index in [0.717, 1.165) is 16.7 Å². The summed E-state index contributed by atoms with van der Waals surface area (Å²) in [4.78, 5) is 12.1. The molecule has 0 atom stereocenters. The van der Waals surface area contributed by atoms with Crippen LogP contribution in [0, 0.1) is 20.8 Å². The fraction of sp³-hybridized carbons (Fsp3) is 0.188. The van der Waals surface area contributed by atoms with Crippen LogP contribution in [0.25, 0.3) is 0 Å². The van der Waals surface area contributed by atoms with E-state index < -0.39 is 0 Å². The zero-order valence-electron chi connectivity index (χ0n) is 11.3. The number of hydrogen-bond acceptors (Lipinski definition) is 2. The third-order valence-electron chi connectivity index (χ3n) is 3.17. The summed E-state index contributed by atoms with van der Waals surface area (Å²) in [6, 6.07) is 10.7. The maximum Gasteiger partial charge on any atom is 0.255 e. The minimum absolute atomic E-state index is 0.0720. The molecule has 0 aliphatic carbocycles. The molecule has 0 radical (unpaired) electrons. The van der Waals surface area contributed by atoms with E-state index in [4.69, 9.17) is 0 Å². The highest BCUT2D eigenvalue weighted by atomic mass is 16.3. The number of carbonyl (C=O) groups is 1. The van der Waals surface area contributed by atoms with Gasteiger partial charge in [-0.05, 0) is 61.7 Å². The summed E-state index contributed by atoms with van der Waals surface area (Å²) in [5.74, 6) is -0.146. The lowest BCUT2D eigenvalue weighted by Gasteiger charge is -2.09. The SMILES string of the molecule is Cc1ccc(O)c(NC(=O)c2ccc(C)c(C)c2)c1. The van der Waals surface area contributed by atoms with Crippen LogP contribution in [0.2, 0.25) is 0 Å². The quantitative estimate of drug-likeness (QED) is 0.806. The first-order valence-electron chi connectivity index (χ1n) is 6.15. The van der Waals surface area contributed by atoms with Gasteiger partial charge in [0, 0.05) is 5.56 Å². The van der Waals surface area contributed by atoms with Gasteiger partial charge in [-0.1, -0.05) is 12.1 Å². The van der Waals surface area contributed by atoms with E-state index in [2.05, 4.69) is 5.32 Å². The van der Waals surface area contributed by atoms with Gasteiger partial charge >= 0.3 is 0 Å². The van der Waals surface area contributed by atoms with Gasteiger partial charge in [0.1, 0.15) is 5.75 Å². The Morgan fingerprint density at radius 2 is 1.74 bits per heavy atom. The molecule has 19 heavy (non-hydrogen) atoms. The summed E-state index contributed by atoms with van der Waals surface area (Å²) in [7, 11) is 0. The van der Waals surface area contributed by atoms with Crippen molar-refractivity contribution in [3.8, 4) is 5.75 Å². The normalized spacial score (nSPS) is 10.3. The second-order valence-corrected chi connectivity index (χ2v) is 4.77.